The third-order valence-electron chi connectivity index (χ3n) is 4.50. The zero-order valence-electron chi connectivity index (χ0n) is 13.5. The van der Waals surface area contributed by atoms with E-state index in [0.717, 1.165) is 23.4 Å². The molecular weight excluding hydrogens is 322 g/mol. The van der Waals surface area contributed by atoms with Crippen molar-refractivity contribution in [1.82, 2.24) is 14.7 Å². The average Bonchev–Trinajstić information content (AvgIpc) is 2.86. The van der Waals surface area contributed by atoms with Crippen LogP contribution in [0.1, 0.15) is 37.7 Å². The van der Waals surface area contributed by atoms with E-state index in [0.29, 0.717) is 17.1 Å². The summed E-state index contributed by atoms with van der Waals surface area (Å²) in [6.45, 7) is 1.83. The maximum Gasteiger partial charge on any atom is 0.269 e. The molecule has 0 atom stereocenters. The number of thiazole rings is 1. The molecule has 5 nitrogen and oxygen atoms in total. The number of carbonyl (C=O) groups is 1. The van der Waals surface area contributed by atoms with Gasteiger partial charge in [0.1, 0.15) is 5.69 Å². The summed E-state index contributed by atoms with van der Waals surface area (Å²) in [5, 5.41) is 2.58. The molecule has 0 saturated heterocycles. The van der Waals surface area contributed by atoms with Crippen LogP contribution < -0.4 is 10.9 Å². The first kappa shape index (κ1) is 15.1. The fourth-order valence-corrected chi connectivity index (χ4v) is 4.15. The van der Waals surface area contributed by atoms with E-state index in [1.165, 1.54) is 38.5 Å². The van der Waals surface area contributed by atoms with E-state index in [1.807, 2.05) is 6.92 Å². The second-order valence-electron chi connectivity index (χ2n) is 6.07. The van der Waals surface area contributed by atoms with Crippen molar-refractivity contribution in [3.05, 3.63) is 67.6 Å². The third kappa shape index (κ3) is 2.34. The number of nitrogens with one attached hydrogen (secondary N) is 1. The van der Waals surface area contributed by atoms with Gasteiger partial charge in [0.05, 0.1) is 5.69 Å². The molecule has 1 aromatic carbocycles. The molecule has 0 spiro atoms. The molecule has 2 heterocycles. The molecule has 1 amide bonds. The molecule has 122 valence electrons. The van der Waals surface area contributed by atoms with Gasteiger partial charge < -0.3 is 5.32 Å². The topological polar surface area (TPSA) is 63.5 Å². The molecule has 6 heteroatoms. The number of hydrogen-bond donors (Lipinski definition) is 1. The smallest absolute Gasteiger partial charge is 0.269 e. The lowest BCUT2D eigenvalue weighted by atomic mass is 9.86. The minimum atomic E-state index is -0.266. The highest BCUT2D eigenvalue weighted by molar-refractivity contribution is 7.17. The fraction of sp³-hybridized carbons (Fsp3) is 0.278. The largest absolute Gasteiger partial charge is 0.354 e. The van der Waals surface area contributed by atoms with Crippen molar-refractivity contribution in [3.8, 4) is 0 Å². The van der Waals surface area contributed by atoms with Gasteiger partial charge >= 0.3 is 0 Å². The third-order valence-corrected chi connectivity index (χ3v) is 5.46. The first-order valence-electron chi connectivity index (χ1n) is 7.91. The molecular formula is C18H17N3O2S. The van der Waals surface area contributed by atoms with Crippen molar-refractivity contribution < 1.29 is 4.79 Å². The predicted octanol–water partition coefficient (Wildman–Crippen LogP) is 2.11. The van der Waals surface area contributed by atoms with E-state index in [9.17, 15) is 9.59 Å². The molecule has 0 saturated carbocycles. The molecule has 4 rings (SSSR count). The van der Waals surface area contributed by atoms with Crippen LogP contribution in [0, 0.1) is 6.92 Å². The molecule has 0 aliphatic heterocycles. The SMILES string of the molecule is CNC(=O)c1c(C)sc2nc(Cc3ccc4c(c3)CC4)cc(=O)n12. The zero-order chi connectivity index (χ0) is 16.8. The molecule has 0 bridgehead atoms. The van der Waals surface area contributed by atoms with Crippen molar-refractivity contribution in [3.63, 3.8) is 0 Å². The Morgan fingerprint density at radius 3 is 2.75 bits per heavy atom. The summed E-state index contributed by atoms with van der Waals surface area (Å²) in [5.41, 5.74) is 4.91. The highest BCUT2D eigenvalue weighted by atomic mass is 32.1. The van der Waals surface area contributed by atoms with Gasteiger partial charge in [-0.3, -0.25) is 9.59 Å². The molecule has 1 aliphatic rings. The highest BCUT2D eigenvalue weighted by Crippen LogP contribution is 2.25. The number of carbonyl (C=O) groups excluding carboxylic acids is 1. The van der Waals surface area contributed by atoms with Crippen LogP contribution in [0.15, 0.2) is 29.1 Å². The van der Waals surface area contributed by atoms with Crippen LogP contribution in [0.2, 0.25) is 0 Å². The molecule has 1 aliphatic carbocycles. The first-order chi connectivity index (χ1) is 11.6. The lowest BCUT2D eigenvalue weighted by molar-refractivity contribution is 0.0956. The molecule has 24 heavy (non-hydrogen) atoms. The van der Waals surface area contributed by atoms with Gasteiger partial charge in [0.25, 0.3) is 11.5 Å². The second kappa shape index (κ2) is 5.56. The number of amides is 1. The van der Waals surface area contributed by atoms with Crippen LogP contribution in [0.3, 0.4) is 0 Å². The van der Waals surface area contributed by atoms with Crippen molar-refractivity contribution in [2.24, 2.45) is 0 Å². The van der Waals surface area contributed by atoms with Crippen molar-refractivity contribution in [2.45, 2.75) is 26.2 Å². The number of rotatable bonds is 3. The van der Waals surface area contributed by atoms with Gasteiger partial charge in [0.2, 0.25) is 0 Å². The van der Waals surface area contributed by atoms with Gasteiger partial charge in [-0.2, -0.15) is 0 Å². The summed E-state index contributed by atoms with van der Waals surface area (Å²) in [4.78, 5) is 30.5. The first-order valence-corrected chi connectivity index (χ1v) is 8.73. The highest BCUT2D eigenvalue weighted by Gasteiger charge is 2.19. The van der Waals surface area contributed by atoms with E-state index in [4.69, 9.17) is 0 Å². The Labute approximate surface area is 143 Å². The van der Waals surface area contributed by atoms with E-state index >= 15 is 0 Å². The number of fused-ring (bicyclic) bond motifs is 2. The molecule has 2 aromatic heterocycles. The van der Waals surface area contributed by atoms with Crippen LogP contribution in [-0.2, 0) is 19.3 Å². The summed E-state index contributed by atoms with van der Waals surface area (Å²) < 4.78 is 1.40. The van der Waals surface area contributed by atoms with E-state index < -0.39 is 0 Å². The minimum Gasteiger partial charge on any atom is -0.354 e. The van der Waals surface area contributed by atoms with Crippen LogP contribution in [0.25, 0.3) is 4.96 Å². The summed E-state index contributed by atoms with van der Waals surface area (Å²) >= 11 is 1.37. The van der Waals surface area contributed by atoms with Gasteiger partial charge in [0, 0.05) is 24.4 Å². The predicted molar refractivity (Wildman–Crippen MR) is 94.1 cm³/mol. The summed E-state index contributed by atoms with van der Waals surface area (Å²) in [6.07, 6.45) is 2.93. The Morgan fingerprint density at radius 1 is 1.29 bits per heavy atom. The van der Waals surface area contributed by atoms with E-state index in [2.05, 4.69) is 28.5 Å². The Morgan fingerprint density at radius 2 is 2.08 bits per heavy atom. The van der Waals surface area contributed by atoms with Crippen molar-refractivity contribution in [1.29, 1.82) is 0 Å². The maximum atomic E-state index is 12.5. The quantitative estimate of drug-likeness (QED) is 0.795. The molecule has 3 aromatic rings. The number of aromatic nitrogens is 2. The maximum absolute atomic E-state index is 12.5. The standard InChI is InChI=1S/C18H17N3O2S/c1-10-16(17(23)19-2)21-15(22)9-14(20-18(21)24-10)8-11-3-4-12-5-6-13(12)7-11/h3-4,7,9H,5-6,8H2,1-2H3,(H,19,23). The number of nitrogens with zero attached hydrogens (tertiary/aromatic N) is 2. The Balaban J connectivity index is 1.76. The molecule has 0 fully saturated rings. The van der Waals surface area contributed by atoms with E-state index in [1.54, 1.807) is 7.05 Å². The van der Waals surface area contributed by atoms with Gasteiger partial charge in [0.15, 0.2) is 4.96 Å². The Bertz CT molecular complexity index is 1030. The fourth-order valence-electron chi connectivity index (χ4n) is 3.16. The van der Waals surface area contributed by atoms with Crippen LogP contribution in [0.4, 0.5) is 0 Å². The minimum absolute atomic E-state index is 0.207. The van der Waals surface area contributed by atoms with Gasteiger partial charge in [-0.05, 0) is 36.5 Å². The summed E-state index contributed by atoms with van der Waals surface area (Å²) in [6, 6.07) is 8.01. The van der Waals surface area contributed by atoms with Crippen LogP contribution in [-0.4, -0.2) is 22.3 Å². The number of hydrogen-bond acceptors (Lipinski definition) is 4. The van der Waals surface area contributed by atoms with Crippen LogP contribution >= 0.6 is 11.3 Å². The molecule has 0 radical (unpaired) electrons. The molecule has 0 unspecified atom stereocenters. The summed E-state index contributed by atoms with van der Waals surface area (Å²) in [5.74, 6) is -0.266. The van der Waals surface area contributed by atoms with Gasteiger partial charge in [-0.15, -0.1) is 11.3 Å². The second-order valence-corrected chi connectivity index (χ2v) is 7.25. The van der Waals surface area contributed by atoms with Crippen LogP contribution in [0.5, 0.6) is 0 Å². The lowest BCUT2D eigenvalue weighted by Gasteiger charge is -2.19. The zero-order valence-corrected chi connectivity index (χ0v) is 14.4. The Hall–Kier alpha value is -2.47. The normalized spacial score (nSPS) is 12.8. The summed E-state index contributed by atoms with van der Waals surface area (Å²) in [7, 11) is 1.56. The van der Waals surface area contributed by atoms with Gasteiger partial charge in [-0.25, -0.2) is 9.38 Å². The van der Waals surface area contributed by atoms with E-state index in [-0.39, 0.29) is 11.5 Å². The number of benzene rings is 1. The van der Waals surface area contributed by atoms with Gasteiger partial charge in [-0.1, -0.05) is 18.2 Å². The van der Waals surface area contributed by atoms with Crippen molar-refractivity contribution >= 4 is 22.2 Å². The van der Waals surface area contributed by atoms with Crippen molar-refractivity contribution in [2.75, 3.05) is 7.05 Å². The number of aryl methyl sites for hydroxylation is 3. The Kier molecular flexibility index (Phi) is 3.49. The monoisotopic (exact) mass is 339 g/mol. The lowest BCUT2D eigenvalue weighted by Crippen LogP contribution is -2.25. The molecule has 1 N–H and O–H groups in total. The average molecular weight is 339 g/mol.